The molecule has 9 rings (SSSR count). The maximum atomic E-state index is 14.6. The molecule has 1 atom stereocenters. The number of nitrogens with zero attached hydrogens (tertiary/aromatic N) is 8. The van der Waals surface area contributed by atoms with Crippen LogP contribution in [-0.2, 0) is 4.74 Å². The van der Waals surface area contributed by atoms with Gasteiger partial charge in [0.05, 0.1) is 24.6 Å². The van der Waals surface area contributed by atoms with Crippen LogP contribution in [0.1, 0.15) is 63.9 Å². The molecule has 4 aliphatic heterocycles. The second-order valence-corrected chi connectivity index (χ2v) is 15.3. The molecular formula is C35H43FN8O2. The lowest BCUT2D eigenvalue weighted by Crippen LogP contribution is -2.72. The summed E-state index contributed by atoms with van der Waals surface area (Å²) in [7, 11) is 0. The van der Waals surface area contributed by atoms with Crippen molar-refractivity contribution < 1.29 is 13.9 Å². The first-order valence-corrected chi connectivity index (χ1v) is 17.2. The molecule has 2 aliphatic carbocycles. The SMILES string of the molecule is CC(C)[C@@H](C1CC(N2CC3(CCO3)C2)C1)N1CC2(CCN(c3ncnnc3Oc3ccc(F)cc3-c3cnncc3C3CC3)C2)C1. The molecule has 242 valence electrons. The van der Waals surface area contributed by atoms with Gasteiger partial charge in [-0.05, 0) is 73.6 Å². The van der Waals surface area contributed by atoms with Crippen molar-refractivity contribution in [2.45, 2.75) is 76.0 Å². The monoisotopic (exact) mass is 626 g/mol. The molecule has 1 aromatic carbocycles. The van der Waals surface area contributed by atoms with Crippen molar-refractivity contribution in [1.82, 2.24) is 35.2 Å². The predicted molar refractivity (Wildman–Crippen MR) is 170 cm³/mol. The van der Waals surface area contributed by atoms with Crippen LogP contribution < -0.4 is 9.64 Å². The molecule has 10 nitrogen and oxygen atoms in total. The van der Waals surface area contributed by atoms with E-state index in [1.54, 1.807) is 18.5 Å². The van der Waals surface area contributed by atoms with Crippen LogP contribution >= 0.6 is 0 Å². The molecule has 6 heterocycles. The summed E-state index contributed by atoms with van der Waals surface area (Å²) in [5, 5.41) is 16.7. The van der Waals surface area contributed by atoms with E-state index in [1.165, 1.54) is 37.7 Å². The molecule has 2 aromatic heterocycles. The van der Waals surface area contributed by atoms with Crippen LogP contribution in [0.3, 0.4) is 0 Å². The zero-order valence-corrected chi connectivity index (χ0v) is 26.8. The van der Waals surface area contributed by atoms with Gasteiger partial charge in [0.2, 0.25) is 0 Å². The van der Waals surface area contributed by atoms with Crippen molar-refractivity contribution in [1.29, 1.82) is 0 Å². The number of rotatable bonds is 9. The normalized spacial score (nSPS) is 27.3. The van der Waals surface area contributed by atoms with Crippen molar-refractivity contribution in [3.05, 3.63) is 48.3 Å². The number of anilines is 1. The third-order valence-corrected chi connectivity index (χ3v) is 11.8. The summed E-state index contributed by atoms with van der Waals surface area (Å²) in [6.45, 7) is 12.1. The van der Waals surface area contributed by atoms with E-state index in [9.17, 15) is 4.39 Å². The first kappa shape index (κ1) is 28.9. The average molecular weight is 627 g/mol. The van der Waals surface area contributed by atoms with Crippen molar-refractivity contribution >= 4 is 5.82 Å². The van der Waals surface area contributed by atoms with Crippen molar-refractivity contribution in [2.75, 3.05) is 50.8 Å². The summed E-state index contributed by atoms with van der Waals surface area (Å²) in [6.07, 6.45) is 12.2. The fourth-order valence-electron chi connectivity index (χ4n) is 9.19. The first-order valence-electron chi connectivity index (χ1n) is 17.2. The van der Waals surface area contributed by atoms with Gasteiger partial charge >= 0.3 is 0 Å². The van der Waals surface area contributed by atoms with E-state index >= 15 is 0 Å². The Balaban J connectivity index is 0.872. The standard InChI is InChI=1S/C35H43FN8O2/c1-22(2)31(24-11-26(12-24)43-19-35(20-43)8-10-45-35)44-17-34(18-44)7-9-42(16-34)32-33(41-40-21-37-32)46-30-6-5-25(36)13-27(30)29-15-39-38-14-28(29)23-3-4-23/h5-6,13-15,21-24,26,31H,3-4,7-12,16-20H2,1-2H3/t24?,26?,31-/m0/s1. The van der Waals surface area contributed by atoms with Gasteiger partial charge in [-0.25, -0.2) is 9.37 Å². The number of likely N-dealkylation sites (tertiary alicyclic amines) is 2. The lowest BCUT2D eigenvalue weighted by atomic mass is 9.67. The van der Waals surface area contributed by atoms with Crippen LogP contribution in [0.2, 0.25) is 0 Å². The maximum Gasteiger partial charge on any atom is 0.282 e. The minimum atomic E-state index is -0.330. The lowest BCUT2D eigenvalue weighted by molar-refractivity contribution is -0.239. The summed E-state index contributed by atoms with van der Waals surface area (Å²) < 4.78 is 26.9. The van der Waals surface area contributed by atoms with Gasteiger partial charge in [0.15, 0.2) is 5.82 Å². The average Bonchev–Trinajstić information content (AvgIpc) is 3.72. The maximum absolute atomic E-state index is 14.6. The molecule has 4 saturated heterocycles. The molecule has 6 fully saturated rings. The molecule has 6 aliphatic rings. The highest BCUT2D eigenvalue weighted by Crippen LogP contribution is 2.50. The Bertz CT molecular complexity index is 1610. The Morgan fingerprint density at radius 1 is 0.978 bits per heavy atom. The van der Waals surface area contributed by atoms with Crippen LogP contribution in [0.15, 0.2) is 36.9 Å². The highest BCUT2D eigenvalue weighted by molar-refractivity contribution is 5.74. The molecule has 11 heteroatoms. The molecular weight excluding hydrogens is 583 g/mol. The summed E-state index contributed by atoms with van der Waals surface area (Å²) in [5.74, 6) is 3.07. The van der Waals surface area contributed by atoms with Gasteiger partial charge in [-0.2, -0.15) is 10.2 Å². The number of hydrogen-bond acceptors (Lipinski definition) is 10. The zero-order chi connectivity index (χ0) is 31.0. The third-order valence-electron chi connectivity index (χ3n) is 11.8. The summed E-state index contributed by atoms with van der Waals surface area (Å²) in [6, 6.07) is 5.98. The summed E-state index contributed by atoms with van der Waals surface area (Å²) in [4.78, 5) is 12.4. The van der Waals surface area contributed by atoms with E-state index in [2.05, 4.69) is 53.9 Å². The van der Waals surface area contributed by atoms with Gasteiger partial charge in [-0.3, -0.25) is 9.80 Å². The van der Waals surface area contributed by atoms with Crippen LogP contribution in [0, 0.1) is 23.1 Å². The fourth-order valence-corrected chi connectivity index (χ4v) is 9.19. The first-order chi connectivity index (χ1) is 22.4. The molecule has 0 N–H and O–H groups in total. The van der Waals surface area contributed by atoms with Crippen LogP contribution in [0.25, 0.3) is 11.1 Å². The smallest absolute Gasteiger partial charge is 0.282 e. The Hall–Kier alpha value is -3.28. The number of halogens is 1. The Morgan fingerprint density at radius 3 is 2.52 bits per heavy atom. The zero-order valence-electron chi connectivity index (χ0n) is 26.8. The van der Waals surface area contributed by atoms with Crippen LogP contribution in [-0.4, -0.2) is 98.7 Å². The van der Waals surface area contributed by atoms with Crippen molar-refractivity contribution in [2.24, 2.45) is 17.3 Å². The molecule has 0 amide bonds. The Labute approximate surface area is 269 Å². The number of benzene rings is 1. The van der Waals surface area contributed by atoms with Crippen LogP contribution in [0.5, 0.6) is 11.6 Å². The van der Waals surface area contributed by atoms with Gasteiger partial charge in [0.1, 0.15) is 17.9 Å². The van der Waals surface area contributed by atoms with Gasteiger partial charge in [-0.15, -0.1) is 10.2 Å². The minimum absolute atomic E-state index is 0.225. The molecule has 46 heavy (non-hydrogen) atoms. The number of ether oxygens (including phenoxy) is 2. The van der Waals surface area contributed by atoms with E-state index in [-0.39, 0.29) is 16.8 Å². The third kappa shape index (κ3) is 4.97. The summed E-state index contributed by atoms with van der Waals surface area (Å²) >= 11 is 0. The minimum Gasteiger partial charge on any atom is -0.434 e. The lowest BCUT2D eigenvalue weighted by Gasteiger charge is -2.62. The quantitative estimate of drug-likeness (QED) is 0.326. The molecule has 0 unspecified atom stereocenters. The molecule has 0 bridgehead atoms. The van der Waals surface area contributed by atoms with Gasteiger partial charge in [0, 0.05) is 74.3 Å². The molecule has 2 spiro atoms. The summed E-state index contributed by atoms with van der Waals surface area (Å²) in [5.41, 5.74) is 3.05. The Kier molecular flexibility index (Phi) is 6.84. The molecule has 0 radical (unpaired) electrons. The number of hydrogen-bond donors (Lipinski definition) is 0. The van der Waals surface area contributed by atoms with E-state index in [4.69, 9.17) is 9.47 Å². The fraction of sp³-hybridized carbons (Fsp3) is 0.629. The van der Waals surface area contributed by atoms with E-state index in [0.29, 0.717) is 40.9 Å². The number of aromatic nitrogens is 5. The van der Waals surface area contributed by atoms with Crippen molar-refractivity contribution in [3.8, 4) is 22.8 Å². The molecule has 3 aromatic rings. The predicted octanol–water partition coefficient (Wildman–Crippen LogP) is 4.93. The van der Waals surface area contributed by atoms with Gasteiger partial charge in [-0.1, -0.05) is 13.8 Å². The highest BCUT2D eigenvalue weighted by Gasteiger charge is 2.56. The van der Waals surface area contributed by atoms with Crippen molar-refractivity contribution in [3.63, 3.8) is 0 Å². The second kappa shape index (κ2) is 10.9. The van der Waals surface area contributed by atoms with E-state index in [0.717, 1.165) is 88.2 Å². The van der Waals surface area contributed by atoms with Gasteiger partial charge < -0.3 is 14.4 Å². The van der Waals surface area contributed by atoms with E-state index in [1.807, 2.05) is 0 Å². The highest BCUT2D eigenvalue weighted by atomic mass is 19.1. The van der Waals surface area contributed by atoms with Gasteiger partial charge in [0.25, 0.3) is 5.88 Å². The molecule has 2 saturated carbocycles. The van der Waals surface area contributed by atoms with Crippen LogP contribution in [0.4, 0.5) is 10.2 Å². The largest absolute Gasteiger partial charge is 0.434 e. The van der Waals surface area contributed by atoms with E-state index < -0.39 is 0 Å². The topological polar surface area (TPSA) is 92.6 Å². The second-order valence-electron chi connectivity index (χ2n) is 15.3. The Morgan fingerprint density at radius 2 is 1.78 bits per heavy atom.